The number of nitrogens with zero attached hydrogens (tertiary/aromatic N) is 2. The molecule has 0 radical (unpaired) electrons. The maximum atomic E-state index is 17.2. The van der Waals surface area contributed by atoms with Crippen molar-refractivity contribution in [1.29, 1.82) is 0 Å². The van der Waals surface area contributed by atoms with Crippen molar-refractivity contribution in [3.63, 3.8) is 0 Å². The largest absolute Gasteiger partial charge is 0.737 e. The van der Waals surface area contributed by atoms with Crippen LogP contribution in [0.15, 0.2) is 97.1 Å². The van der Waals surface area contributed by atoms with Crippen molar-refractivity contribution in [1.82, 2.24) is 4.48 Å². The lowest BCUT2D eigenvalue weighted by Crippen LogP contribution is -2.50. The van der Waals surface area contributed by atoms with Gasteiger partial charge in [-0.15, -0.1) is 0 Å². The topological polar surface area (TPSA) is 26.4 Å². The van der Waals surface area contributed by atoms with Crippen LogP contribution in [-0.2, 0) is 0 Å². The molecule has 4 aromatic carbocycles. The first-order valence-electron chi connectivity index (χ1n) is 12.4. The molecule has 0 saturated carbocycles. The third-order valence-corrected chi connectivity index (χ3v) is 7.54. The molecule has 0 bridgehead atoms. The summed E-state index contributed by atoms with van der Waals surface area (Å²) in [5.41, 5.74) is 4.98. The molecule has 0 atom stereocenters. The van der Waals surface area contributed by atoms with E-state index in [2.05, 4.69) is 0 Å². The zero-order valence-corrected chi connectivity index (χ0v) is 20.9. The Kier molecular flexibility index (Phi) is 4.85. The van der Waals surface area contributed by atoms with Gasteiger partial charge in [0.1, 0.15) is 11.5 Å². The van der Waals surface area contributed by atoms with Crippen LogP contribution >= 0.6 is 0 Å². The van der Waals surface area contributed by atoms with E-state index in [1.54, 1.807) is 38.5 Å². The van der Waals surface area contributed by atoms with E-state index in [9.17, 15) is 0 Å². The summed E-state index contributed by atoms with van der Waals surface area (Å²) in [6.07, 6.45) is 1.91. The first kappa shape index (κ1) is 22.5. The third kappa shape index (κ3) is 3.05. The number of aromatic nitrogens is 1. The number of hydrogen-bond acceptors (Lipinski definition) is 2. The van der Waals surface area contributed by atoms with Crippen LogP contribution in [0.1, 0.15) is 22.4 Å². The first-order valence-corrected chi connectivity index (χ1v) is 12.4. The van der Waals surface area contributed by atoms with Gasteiger partial charge in [-0.2, -0.15) is 0 Å². The second-order valence-electron chi connectivity index (χ2n) is 9.49. The van der Waals surface area contributed by atoms with Gasteiger partial charge >= 0.3 is 6.97 Å². The molecule has 0 unspecified atom stereocenters. The highest BCUT2D eigenvalue weighted by atomic mass is 19.2. The number of rotatable bonds is 4. The molecular weight excluding hydrogens is 481 g/mol. The molecule has 7 rings (SSSR count). The number of halogens is 2. The minimum atomic E-state index is -4.28. The van der Waals surface area contributed by atoms with E-state index in [1.165, 1.54) is 8.96 Å². The van der Waals surface area contributed by atoms with E-state index in [0.29, 0.717) is 45.4 Å². The van der Waals surface area contributed by atoms with Gasteiger partial charge in [0.05, 0.1) is 25.3 Å². The van der Waals surface area contributed by atoms with Crippen LogP contribution in [0.25, 0.3) is 33.8 Å². The lowest BCUT2D eigenvalue weighted by molar-refractivity contribution is -0.316. The molecule has 5 aromatic rings. The second kappa shape index (κ2) is 8.18. The lowest BCUT2D eigenvalue weighted by atomic mass is 9.89. The molecule has 0 aliphatic carbocycles. The number of benzene rings is 4. The van der Waals surface area contributed by atoms with E-state index < -0.39 is 6.97 Å². The SMILES string of the molecule is COc1ccc(C2=[N+]3C(=Cc4c5ccccc5c(-c5ccc(OC)cc5)n4[B-]3(F)F)c3ccccc32)cc1. The molecule has 3 heterocycles. The fourth-order valence-corrected chi connectivity index (χ4v) is 5.86. The van der Waals surface area contributed by atoms with Gasteiger partial charge < -0.3 is 27.1 Å². The van der Waals surface area contributed by atoms with Crippen LogP contribution < -0.4 is 9.47 Å². The Balaban J connectivity index is 1.57. The van der Waals surface area contributed by atoms with Gasteiger partial charge in [0.25, 0.3) is 0 Å². The standard InChI is InChI=1S/C31H23BF2N2O2/c1-37-22-15-11-20(12-16-22)30-26-9-5-3-7-24(26)28-19-29-25-8-4-6-10-27(25)31(36(29)32(33,34)35(28)30)21-13-17-23(38-2)18-14-21/h3-19H,1-2H3. The van der Waals surface area contributed by atoms with E-state index in [4.69, 9.17) is 9.47 Å². The normalized spacial score (nSPS) is 15.1. The first-order chi connectivity index (χ1) is 18.5. The Morgan fingerprint density at radius 1 is 0.658 bits per heavy atom. The Bertz CT molecular complexity index is 1800. The minimum Gasteiger partial charge on any atom is -0.497 e. The Morgan fingerprint density at radius 3 is 1.84 bits per heavy atom. The quantitative estimate of drug-likeness (QED) is 0.249. The number of fused-ring (bicyclic) bond motifs is 6. The molecule has 2 aliphatic heterocycles. The monoisotopic (exact) mass is 504 g/mol. The molecular formula is C31H23BF2N2O2. The summed E-state index contributed by atoms with van der Waals surface area (Å²) in [7, 11) is 3.18. The summed E-state index contributed by atoms with van der Waals surface area (Å²) in [4.78, 5) is 0. The summed E-state index contributed by atoms with van der Waals surface area (Å²) < 4.78 is 47.5. The van der Waals surface area contributed by atoms with Gasteiger partial charge in [-0.1, -0.05) is 36.4 Å². The van der Waals surface area contributed by atoms with Crippen LogP contribution in [0.4, 0.5) is 8.63 Å². The summed E-state index contributed by atoms with van der Waals surface area (Å²) in [5, 5.41) is 1.58. The van der Waals surface area contributed by atoms with Gasteiger partial charge in [-0.05, 0) is 66.2 Å². The van der Waals surface area contributed by atoms with Crippen LogP contribution in [0, 0.1) is 0 Å². The van der Waals surface area contributed by atoms with E-state index in [0.717, 1.165) is 21.9 Å². The van der Waals surface area contributed by atoms with E-state index >= 15 is 8.63 Å². The van der Waals surface area contributed by atoms with Crippen LogP contribution in [0.2, 0.25) is 0 Å². The third-order valence-electron chi connectivity index (χ3n) is 7.54. The number of hydrogen-bond donors (Lipinski definition) is 0. The average Bonchev–Trinajstić information content (AvgIpc) is 3.48. The minimum absolute atomic E-state index is 0.489. The molecule has 186 valence electrons. The zero-order valence-electron chi connectivity index (χ0n) is 20.9. The summed E-state index contributed by atoms with van der Waals surface area (Å²) in [5.74, 6) is 1.35. The van der Waals surface area contributed by atoms with Crippen LogP contribution in [0.3, 0.4) is 0 Å². The van der Waals surface area contributed by atoms with Crippen molar-refractivity contribution < 1.29 is 22.6 Å². The molecule has 0 N–H and O–H groups in total. The Labute approximate surface area is 218 Å². The van der Waals surface area contributed by atoms with E-state index in [1.807, 2.05) is 78.9 Å². The molecule has 4 nitrogen and oxygen atoms in total. The fraction of sp³-hybridized carbons (Fsp3) is 0.0645. The van der Waals surface area contributed by atoms with E-state index in [-0.39, 0.29) is 0 Å². The maximum Gasteiger partial charge on any atom is 0.737 e. The Hall–Kier alpha value is -4.65. The van der Waals surface area contributed by atoms with Crippen molar-refractivity contribution in [3.05, 3.63) is 119 Å². The highest BCUT2D eigenvalue weighted by Gasteiger charge is 2.56. The van der Waals surface area contributed by atoms with Crippen molar-refractivity contribution in [2.75, 3.05) is 14.2 Å². The molecule has 0 saturated heterocycles. The van der Waals surface area contributed by atoms with Crippen molar-refractivity contribution >= 4 is 35.2 Å². The number of methoxy groups -OCH3 is 2. The average molecular weight is 504 g/mol. The zero-order chi connectivity index (χ0) is 26.0. The summed E-state index contributed by atoms with van der Waals surface area (Å²) in [6.45, 7) is -4.28. The molecule has 1 aromatic heterocycles. The fourth-order valence-electron chi connectivity index (χ4n) is 5.86. The number of ether oxygens (including phenoxy) is 2. The highest BCUT2D eigenvalue weighted by Crippen LogP contribution is 2.46. The smallest absolute Gasteiger partial charge is 0.497 e. The van der Waals surface area contributed by atoms with Crippen molar-refractivity contribution in [2.24, 2.45) is 0 Å². The highest BCUT2D eigenvalue weighted by molar-refractivity contribution is 6.60. The lowest BCUT2D eigenvalue weighted by Gasteiger charge is -2.31. The molecule has 0 amide bonds. The van der Waals surface area contributed by atoms with Crippen molar-refractivity contribution in [3.8, 4) is 22.8 Å². The van der Waals surface area contributed by atoms with Crippen molar-refractivity contribution in [2.45, 2.75) is 0 Å². The maximum absolute atomic E-state index is 17.2. The van der Waals surface area contributed by atoms with Gasteiger partial charge in [-0.25, -0.2) is 0 Å². The summed E-state index contributed by atoms with van der Waals surface area (Å²) >= 11 is 0. The van der Waals surface area contributed by atoms with Gasteiger partial charge in [-0.3, -0.25) is 0 Å². The molecule has 7 heteroatoms. The van der Waals surface area contributed by atoms with Gasteiger partial charge in [0.2, 0.25) is 0 Å². The van der Waals surface area contributed by atoms with Crippen LogP contribution in [-0.4, -0.2) is 35.9 Å². The molecule has 2 aliphatic rings. The molecule has 0 fully saturated rings. The Morgan fingerprint density at radius 2 is 1.21 bits per heavy atom. The molecule has 0 spiro atoms. The van der Waals surface area contributed by atoms with Gasteiger partial charge in [0.15, 0.2) is 11.4 Å². The predicted molar refractivity (Wildman–Crippen MR) is 148 cm³/mol. The predicted octanol–water partition coefficient (Wildman–Crippen LogP) is 6.92. The summed E-state index contributed by atoms with van der Waals surface area (Å²) in [6, 6.07) is 29.8. The van der Waals surface area contributed by atoms with Gasteiger partial charge in [0, 0.05) is 33.8 Å². The second-order valence-corrected chi connectivity index (χ2v) is 9.49. The van der Waals surface area contributed by atoms with Crippen LogP contribution in [0.5, 0.6) is 11.5 Å². The molecule has 38 heavy (non-hydrogen) atoms.